The lowest BCUT2D eigenvalue weighted by Gasteiger charge is -2.09. The zero-order valence-corrected chi connectivity index (χ0v) is 15.0. The van der Waals surface area contributed by atoms with Gasteiger partial charge in [-0.3, -0.25) is 9.59 Å². The molecule has 5 heteroatoms. The van der Waals surface area contributed by atoms with E-state index in [1.807, 2.05) is 32.0 Å². The number of hydrogen-bond acceptors (Lipinski definition) is 2. The van der Waals surface area contributed by atoms with E-state index < -0.39 is 0 Å². The van der Waals surface area contributed by atoms with Gasteiger partial charge in [0, 0.05) is 22.5 Å². The van der Waals surface area contributed by atoms with Gasteiger partial charge >= 0.3 is 0 Å². The van der Waals surface area contributed by atoms with Crippen molar-refractivity contribution in [2.45, 2.75) is 13.8 Å². The highest BCUT2D eigenvalue weighted by molar-refractivity contribution is 6.07. The Bertz CT molecular complexity index is 980. The fourth-order valence-electron chi connectivity index (χ4n) is 2.53. The van der Waals surface area contributed by atoms with Gasteiger partial charge in [-0.15, -0.1) is 0 Å². The Morgan fingerprint density at radius 1 is 0.667 bits per heavy atom. The van der Waals surface area contributed by atoms with Gasteiger partial charge in [0.2, 0.25) is 0 Å². The number of hydrogen-bond donors (Lipinski definition) is 2. The van der Waals surface area contributed by atoms with Crippen LogP contribution in [0.5, 0.6) is 0 Å². The highest BCUT2D eigenvalue weighted by atomic mass is 19.1. The lowest BCUT2D eigenvalue weighted by atomic mass is 10.1. The first-order chi connectivity index (χ1) is 12.9. The second-order valence-electron chi connectivity index (χ2n) is 6.29. The number of aryl methyl sites for hydroxylation is 2. The molecular formula is C22H19FN2O2. The molecule has 3 rings (SSSR count). The zero-order valence-electron chi connectivity index (χ0n) is 15.0. The molecule has 0 unspecified atom stereocenters. The molecule has 0 aliphatic heterocycles. The van der Waals surface area contributed by atoms with Crippen molar-refractivity contribution >= 4 is 23.2 Å². The molecule has 27 heavy (non-hydrogen) atoms. The summed E-state index contributed by atoms with van der Waals surface area (Å²) in [5.74, 6) is -0.946. The summed E-state index contributed by atoms with van der Waals surface area (Å²) in [6.07, 6.45) is 0. The molecule has 0 fully saturated rings. The number of halogens is 1. The van der Waals surface area contributed by atoms with Crippen LogP contribution >= 0.6 is 0 Å². The van der Waals surface area contributed by atoms with E-state index in [0.717, 1.165) is 16.8 Å². The summed E-state index contributed by atoms with van der Waals surface area (Å²) in [6.45, 7) is 4.00. The third kappa shape index (κ3) is 4.58. The fourth-order valence-corrected chi connectivity index (χ4v) is 2.53. The van der Waals surface area contributed by atoms with Crippen LogP contribution in [0.4, 0.5) is 15.8 Å². The second-order valence-corrected chi connectivity index (χ2v) is 6.29. The summed E-state index contributed by atoms with van der Waals surface area (Å²) in [5, 5.41) is 5.52. The van der Waals surface area contributed by atoms with Gasteiger partial charge in [0.05, 0.1) is 0 Å². The van der Waals surface area contributed by atoms with Crippen LogP contribution in [0.3, 0.4) is 0 Å². The van der Waals surface area contributed by atoms with E-state index in [4.69, 9.17) is 0 Å². The molecule has 3 aromatic rings. The summed E-state index contributed by atoms with van der Waals surface area (Å²) >= 11 is 0. The number of amides is 2. The molecule has 4 nitrogen and oxygen atoms in total. The first-order valence-corrected chi connectivity index (χ1v) is 8.48. The zero-order chi connectivity index (χ0) is 19.4. The summed E-state index contributed by atoms with van der Waals surface area (Å²) < 4.78 is 12.9. The van der Waals surface area contributed by atoms with Crippen LogP contribution in [-0.2, 0) is 0 Å². The lowest BCUT2D eigenvalue weighted by Crippen LogP contribution is -2.14. The predicted octanol–water partition coefficient (Wildman–Crippen LogP) is 4.95. The second kappa shape index (κ2) is 7.83. The van der Waals surface area contributed by atoms with Crippen molar-refractivity contribution in [3.8, 4) is 0 Å². The molecule has 2 amide bonds. The Balaban J connectivity index is 1.66. The van der Waals surface area contributed by atoms with Gasteiger partial charge in [0.15, 0.2) is 0 Å². The normalized spacial score (nSPS) is 10.3. The number of anilines is 2. The topological polar surface area (TPSA) is 58.2 Å². The molecule has 0 radical (unpaired) electrons. The molecule has 0 atom stereocenters. The highest BCUT2D eigenvalue weighted by Gasteiger charge is 2.10. The standard InChI is InChI=1S/C22H19FN2O2/c1-14-3-10-20(13-15(14)2)25-22(27)17-6-4-16(5-7-17)21(26)24-19-11-8-18(23)9-12-19/h3-13H,1-2H3,(H,24,26)(H,25,27). The number of nitrogens with one attached hydrogen (secondary N) is 2. The van der Waals surface area contributed by atoms with Crippen molar-refractivity contribution in [3.05, 3.63) is 94.8 Å². The third-order valence-corrected chi connectivity index (χ3v) is 4.28. The van der Waals surface area contributed by atoms with Crippen molar-refractivity contribution in [2.24, 2.45) is 0 Å². The lowest BCUT2D eigenvalue weighted by molar-refractivity contribution is 0.101. The van der Waals surface area contributed by atoms with E-state index >= 15 is 0 Å². The number of carbonyl (C=O) groups is 2. The van der Waals surface area contributed by atoms with E-state index in [2.05, 4.69) is 10.6 Å². The van der Waals surface area contributed by atoms with Crippen LogP contribution in [0.1, 0.15) is 31.8 Å². The molecule has 0 bridgehead atoms. The van der Waals surface area contributed by atoms with E-state index in [9.17, 15) is 14.0 Å². The number of carbonyl (C=O) groups excluding carboxylic acids is 2. The first kappa shape index (κ1) is 18.3. The van der Waals surface area contributed by atoms with Gasteiger partial charge in [-0.25, -0.2) is 4.39 Å². The van der Waals surface area contributed by atoms with Gasteiger partial charge in [0.1, 0.15) is 5.82 Å². The van der Waals surface area contributed by atoms with E-state index in [1.54, 1.807) is 24.3 Å². The maximum absolute atomic E-state index is 12.9. The fraction of sp³-hybridized carbons (Fsp3) is 0.0909. The van der Waals surface area contributed by atoms with Gasteiger partial charge < -0.3 is 10.6 Å². The molecule has 0 saturated heterocycles. The van der Waals surface area contributed by atoms with Crippen molar-refractivity contribution in [1.82, 2.24) is 0 Å². The maximum atomic E-state index is 12.9. The van der Waals surface area contributed by atoms with E-state index in [0.29, 0.717) is 16.8 Å². The van der Waals surface area contributed by atoms with Crippen LogP contribution in [0.25, 0.3) is 0 Å². The molecule has 3 aromatic carbocycles. The quantitative estimate of drug-likeness (QED) is 0.690. The molecule has 0 saturated carbocycles. The van der Waals surface area contributed by atoms with Crippen LogP contribution in [0.2, 0.25) is 0 Å². The number of rotatable bonds is 4. The minimum atomic E-state index is -0.368. The summed E-state index contributed by atoms with van der Waals surface area (Å²) in [4.78, 5) is 24.6. The smallest absolute Gasteiger partial charge is 0.255 e. The van der Waals surface area contributed by atoms with Crippen molar-refractivity contribution in [1.29, 1.82) is 0 Å². The minimum Gasteiger partial charge on any atom is -0.322 e. The maximum Gasteiger partial charge on any atom is 0.255 e. The van der Waals surface area contributed by atoms with Crippen LogP contribution < -0.4 is 10.6 Å². The monoisotopic (exact) mass is 362 g/mol. The van der Waals surface area contributed by atoms with Crippen molar-refractivity contribution < 1.29 is 14.0 Å². The average molecular weight is 362 g/mol. The minimum absolute atomic E-state index is 0.247. The number of benzene rings is 3. The molecule has 136 valence electrons. The summed E-state index contributed by atoms with van der Waals surface area (Å²) in [7, 11) is 0. The Kier molecular flexibility index (Phi) is 5.31. The van der Waals surface area contributed by atoms with Gasteiger partial charge in [-0.05, 0) is 85.6 Å². The Hall–Kier alpha value is -3.47. The predicted molar refractivity (Wildman–Crippen MR) is 105 cm³/mol. The van der Waals surface area contributed by atoms with Crippen LogP contribution in [0, 0.1) is 19.7 Å². The summed E-state index contributed by atoms with van der Waals surface area (Å²) in [5.41, 5.74) is 4.33. The van der Waals surface area contributed by atoms with Gasteiger partial charge in [-0.2, -0.15) is 0 Å². The molecule has 0 aliphatic carbocycles. The van der Waals surface area contributed by atoms with E-state index in [1.165, 1.54) is 24.3 Å². The first-order valence-electron chi connectivity index (χ1n) is 8.48. The van der Waals surface area contributed by atoms with Crippen molar-refractivity contribution in [3.63, 3.8) is 0 Å². The Morgan fingerprint density at radius 2 is 1.15 bits per heavy atom. The molecule has 0 spiro atoms. The molecular weight excluding hydrogens is 343 g/mol. The van der Waals surface area contributed by atoms with Crippen LogP contribution in [-0.4, -0.2) is 11.8 Å². The van der Waals surface area contributed by atoms with Crippen molar-refractivity contribution in [2.75, 3.05) is 10.6 Å². The largest absolute Gasteiger partial charge is 0.322 e. The van der Waals surface area contributed by atoms with Crippen LogP contribution in [0.15, 0.2) is 66.7 Å². The Labute approximate surface area is 157 Å². The third-order valence-electron chi connectivity index (χ3n) is 4.28. The molecule has 0 aliphatic rings. The van der Waals surface area contributed by atoms with Gasteiger partial charge in [0.25, 0.3) is 11.8 Å². The molecule has 0 aromatic heterocycles. The Morgan fingerprint density at radius 3 is 1.67 bits per heavy atom. The van der Waals surface area contributed by atoms with Gasteiger partial charge in [-0.1, -0.05) is 6.07 Å². The molecule has 0 heterocycles. The SMILES string of the molecule is Cc1ccc(NC(=O)c2ccc(C(=O)Nc3ccc(F)cc3)cc2)cc1C. The average Bonchev–Trinajstić information content (AvgIpc) is 2.66. The summed E-state index contributed by atoms with van der Waals surface area (Å²) in [6, 6.07) is 17.6. The highest BCUT2D eigenvalue weighted by Crippen LogP contribution is 2.16. The molecule has 2 N–H and O–H groups in total. The van der Waals surface area contributed by atoms with E-state index in [-0.39, 0.29) is 17.6 Å².